The number of unbranched alkanes of at least 4 members (excludes halogenated alkanes) is 3. The van der Waals surface area contributed by atoms with Gasteiger partial charge in [0, 0.05) is 11.4 Å². The normalized spacial score (nSPS) is 20.9. The Morgan fingerprint density at radius 2 is 1.91 bits per heavy atom. The molecule has 0 spiro atoms. The molecule has 0 aliphatic heterocycles. The van der Waals surface area contributed by atoms with Crippen LogP contribution in [0.4, 0.5) is 0 Å². The molecule has 2 unspecified atom stereocenters. The first-order valence-electron chi connectivity index (χ1n) is 8.89. The van der Waals surface area contributed by atoms with E-state index in [1.165, 1.54) is 6.42 Å². The van der Waals surface area contributed by atoms with Gasteiger partial charge in [-0.05, 0) is 25.2 Å². The highest BCUT2D eigenvalue weighted by Gasteiger charge is 2.30. The maximum atomic E-state index is 12.5. The largest absolute Gasteiger partial charge is 0.478 e. The van der Waals surface area contributed by atoms with Crippen LogP contribution in [0.3, 0.4) is 0 Å². The topological polar surface area (TPSA) is 101 Å². The molecule has 0 amide bonds. The summed E-state index contributed by atoms with van der Waals surface area (Å²) < 4.78 is 12.5. The van der Waals surface area contributed by atoms with Gasteiger partial charge in [0.05, 0.1) is 5.78 Å². The number of aliphatic carboxylic acids is 1. The first kappa shape index (κ1) is 20.4. The van der Waals surface area contributed by atoms with Gasteiger partial charge in [0.2, 0.25) is 7.37 Å². The number of hydrogen-bond donors (Lipinski definition) is 3. The monoisotopic (exact) mass is 345 g/mol. The molecule has 23 heavy (non-hydrogen) atoms. The zero-order chi connectivity index (χ0) is 17.3. The van der Waals surface area contributed by atoms with E-state index in [9.17, 15) is 19.4 Å². The number of carboxylic acids is 1. The van der Waals surface area contributed by atoms with Crippen molar-refractivity contribution in [2.24, 2.45) is 11.7 Å². The zero-order valence-electron chi connectivity index (χ0n) is 14.2. The lowest BCUT2D eigenvalue weighted by Gasteiger charge is -2.26. The maximum absolute atomic E-state index is 12.5. The van der Waals surface area contributed by atoms with Gasteiger partial charge in [-0.3, -0.25) is 4.57 Å². The second kappa shape index (κ2) is 10.3. The third kappa shape index (κ3) is 7.65. The minimum absolute atomic E-state index is 0.0334. The Morgan fingerprint density at radius 3 is 2.48 bits per heavy atom. The van der Waals surface area contributed by atoms with Crippen LogP contribution in [0.25, 0.3) is 0 Å². The first-order valence-corrected chi connectivity index (χ1v) is 10.7. The molecule has 0 aromatic rings. The van der Waals surface area contributed by atoms with Gasteiger partial charge >= 0.3 is 5.97 Å². The van der Waals surface area contributed by atoms with Crippen molar-refractivity contribution in [3.63, 3.8) is 0 Å². The molecule has 0 heterocycles. The molecular formula is C17H32NO4P. The van der Waals surface area contributed by atoms with E-state index in [0.29, 0.717) is 18.8 Å². The van der Waals surface area contributed by atoms with Crippen molar-refractivity contribution in [3.8, 4) is 0 Å². The van der Waals surface area contributed by atoms with Gasteiger partial charge in [0.15, 0.2) is 0 Å². The minimum atomic E-state index is -3.78. The summed E-state index contributed by atoms with van der Waals surface area (Å²) in [6.07, 6.45) is 10.3. The van der Waals surface area contributed by atoms with Crippen LogP contribution in [0.15, 0.2) is 11.4 Å². The number of hydrogen-bond acceptors (Lipinski definition) is 3. The Hall–Kier alpha value is -0.640. The van der Waals surface area contributed by atoms with Crippen LogP contribution in [-0.2, 0) is 9.36 Å². The first-order chi connectivity index (χ1) is 10.9. The van der Waals surface area contributed by atoms with E-state index in [1.807, 2.05) is 0 Å². The standard InChI is InChI=1S/C17H32NO4P/c1-2-3-4-8-11-15(17(19)20)13-23(21,22)16(18)12-14-9-6-5-7-10-14/h13-14,16H,2-12,18H2,1H3,(H,19,20)(H,21,22). The highest BCUT2D eigenvalue weighted by molar-refractivity contribution is 7.62. The van der Waals surface area contributed by atoms with Crippen LogP contribution < -0.4 is 5.73 Å². The molecule has 5 nitrogen and oxygen atoms in total. The van der Waals surface area contributed by atoms with Gasteiger partial charge in [-0.2, -0.15) is 0 Å². The van der Waals surface area contributed by atoms with E-state index in [-0.39, 0.29) is 5.57 Å². The lowest BCUT2D eigenvalue weighted by Crippen LogP contribution is -2.24. The Kier molecular flexibility index (Phi) is 9.11. The Balaban J connectivity index is 2.64. The Bertz CT molecular complexity index is 444. The lowest BCUT2D eigenvalue weighted by atomic mass is 9.87. The second-order valence-corrected chi connectivity index (χ2v) is 9.02. The van der Waals surface area contributed by atoms with Crippen LogP contribution in [0, 0.1) is 5.92 Å². The molecule has 4 N–H and O–H groups in total. The third-order valence-corrected chi connectivity index (χ3v) is 6.53. The van der Waals surface area contributed by atoms with Crippen LogP contribution in [0.5, 0.6) is 0 Å². The zero-order valence-corrected chi connectivity index (χ0v) is 15.1. The number of rotatable bonds is 10. The lowest BCUT2D eigenvalue weighted by molar-refractivity contribution is -0.132. The highest BCUT2D eigenvalue weighted by Crippen LogP contribution is 2.50. The van der Waals surface area contributed by atoms with Crippen LogP contribution in [-0.4, -0.2) is 21.8 Å². The van der Waals surface area contributed by atoms with Crippen LogP contribution in [0.1, 0.15) is 77.6 Å². The summed E-state index contributed by atoms with van der Waals surface area (Å²) in [7, 11) is -3.78. The summed E-state index contributed by atoms with van der Waals surface area (Å²) >= 11 is 0. The van der Waals surface area contributed by atoms with E-state index in [1.54, 1.807) is 0 Å². The van der Waals surface area contributed by atoms with Crippen molar-refractivity contribution in [2.45, 2.75) is 83.3 Å². The molecular weight excluding hydrogens is 313 g/mol. The summed E-state index contributed by atoms with van der Waals surface area (Å²) in [5.41, 5.74) is 5.99. The predicted octanol–water partition coefficient (Wildman–Crippen LogP) is 4.45. The fourth-order valence-corrected chi connectivity index (χ4v) is 4.68. The fourth-order valence-electron chi connectivity index (χ4n) is 3.20. The summed E-state index contributed by atoms with van der Waals surface area (Å²) in [6, 6.07) is 0. The van der Waals surface area contributed by atoms with Crippen molar-refractivity contribution < 1.29 is 19.4 Å². The van der Waals surface area contributed by atoms with Crippen molar-refractivity contribution in [2.75, 3.05) is 0 Å². The van der Waals surface area contributed by atoms with Crippen molar-refractivity contribution in [3.05, 3.63) is 11.4 Å². The summed E-state index contributed by atoms with van der Waals surface area (Å²) in [5.74, 6) is -0.518. The molecule has 0 radical (unpaired) electrons. The average Bonchev–Trinajstić information content (AvgIpc) is 2.51. The van der Waals surface area contributed by atoms with E-state index in [2.05, 4.69) is 6.92 Å². The molecule has 1 aliphatic rings. The van der Waals surface area contributed by atoms with Crippen LogP contribution in [0.2, 0.25) is 0 Å². The van der Waals surface area contributed by atoms with Crippen LogP contribution >= 0.6 is 7.37 Å². The maximum Gasteiger partial charge on any atom is 0.331 e. The molecule has 134 valence electrons. The SMILES string of the molecule is CCCCCCC(=CP(=O)(O)C(N)CC1CCCCC1)C(=O)O. The minimum Gasteiger partial charge on any atom is -0.478 e. The smallest absolute Gasteiger partial charge is 0.331 e. The average molecular weight is 345 g/mol. The van der Waals surface area contributed by atoms with Gasteiger partial charge in [-0.25, -0.2) is 4.79 Å². The molecule has 0 aromatic heterocycles. The molecule has 6 heteroatoms. The molecule has 1 fully saturated rings. The highest BCUT2D eigenvalue weighted by atomic mass is 31.2. The van der Waals surface area contributed by atoms with E-state index >= 15 is 0 Å². The van der Waals surface area contributed by atoms with Gasteiger partial charge in [0.25, 0.3) is 0 Å². The number of carboxylic acid groups (broad SMARTS) is 1. The molecule has 0 aromatic carbocycles. The van der Waals surface area contributed by atoms with E-state index < -0.39 is 19.1 Å². The van der Waals surface area contributed by atoms with Gasteiger partial charge in [-0.1, -0.05) is 58.3 Å². The van der Waals surface area contributed by atoms with Crippen molar-refractivity contribution in [1.82, 2.24) is 0 Å². The van der Waals surface area contributed by atoms with Crippen molar-refractivity contribution >= 4 is 13.3 Å². The Morgan fingerprint density at radius 1 is 1.26 bits per heavy atom. The van der Waals surface area contributed by atoms with Gasteiger partial charge < -0.3 is 15.7 Å². The number of nitrogens with two attached hydrogens (primary N) is 1. The van der Waals surface area contributed by atoms with E-state index in [0.717, 1.165) is 57.2 Å². The molecule has 0 bridgehead atoms. The number of carbonyl (C=O) groups is 1. The molecule has 1 saturated carbocycles. The summed E-state index contributed by atoms with van der Waals surface area (Å²) in [4.78, 5) is 21.5. The van der Waals surface area contributed by atoms with E-state index in [4.69, 9.17) is 5.73 Å². The fraction of sp³-hybridized carbons (Fsp3) is 0.824. The summed E-state index contributed by atoms with van der Waals surface area (Å²) in [5, 5.41) is 9.25. The third-order valence-electron chi connectivity index (χ3n) is 4.69. The molecule has 2 atom stereocenters. The van der Waals surface area contributed by atoms with Gasteiger partial charge in [-0.15, -0.1) is 0 Å². The molecule has 1 rings (SSSR count). The quantitative estimate of drug-likeness (QED) is 0.308. The molecule has 0 saturated heterocycles. The summed E-state index contributed by atoms with van der Waals surface area (Å²) in [6.45, 7) is 2.08. The predicted molar refractivity (Wildman–Crippen MR) is 93.5 cm³/mol. The Labute approximate surface area is 139 Å². The molecule has 1 aliphatic carbocycles. The second-order valence-electron chi connectivity index (χ2n) is 6.75. The van der Waals surface area contributed by atoms with Crippen molar-refractivity contribution in [1.29, 1.82) is 0 Å². The van der Waals surface area contributed by atoms with Gasteiger partial charge in [0.1, 0.15) is 0 Å².